The van der Waals surface area contributed by atoms with Gasteiger partial charge in [-0.25, -0.2) is 14.8 Å². The molecule has 1 aromatic carbocycles. The Morgan fingerprint density at radius 3 is 2.71 bits per heavy atom. The Hall–Kier alpha value is -3.63. The highest BCUT2D eigenvalue weighted by Gasteiger charge is 2.25. The molecule has 0 saturated carbocycles. The topological polar surface area (TPSA) is 132 Å². The molecule has 0 atom stereocenters. The third-order valence-electron chi connectivity index (χ3n) is 5.86. The molecule has 178 valence electrons. The van der Waals surface area contributed by atoms with Crippen LogP contribution in [0.2, 0.25) is 0 Å². The molecular formula is C24H26N4O6. The van der Waals surface area contributed by atoms with Crippen LogP contribution in [0.4, 0.5) is 5.69 Å². The first-order valence-corrected chi connectivity index (χ1v) is 11.2. The minimum Gasteiger partial charge on any atom is -0.478 e. The van der Waals surface area contributed by atoms with Gasteiger partial charge in [0.2, 0.25) is 0 Å². The number of nitro groups is 1. The van der Waals surface area contributed by atoms with Crippen LogP contribution in [0.15, 0.2) is 41.0 Å². The molecule has 3 aromatic rings. The second-order valence-electron chi connectivity index (χ2n) is 8.21. The summed E-state index contributed by atoms with van der Waals surface area (Å²) >= 11 is 0. The van der Waals surface area contributed by atoms with Gasteiger partial charge in [0.05, 0.1) is 35.8 Å². The summed E-state index contributed by atoms with van der Waals surface area (Å²) in [6, 6.07) is 7.86. The van der Waals surface area contributed by atoms with Crippen molar-refractivity contribution >= 4 is 11.7 Å². The molecule has 1 fully saturated rings. The predicted octanol–water partition coefficient (Wildman–Crippen LogP) is 4.32. The van der Waals surface area contributed by atoms with E-state index in [2.05, 4.69) is 14.9 Å². The molecule has 3 heterocycles. The number of likely N-dealkylation sites (tertiary alicyclic amines) is 1. The fourth-order valence-corrected chi connectivity index (χ4v) is 4.06. The van der Waals surface area contributed by atoms with E-state index >= 15 is 0 Å². The molecule has 1 saturated heterocycles. The third kappa shape index (κ3) is 5.29. The Kier molecular flexibility index (Phi) is 7.29. The molecule has 0 aliphatic carbocycles. The normalized spacial score (nSPS) is 14.3. The molecule has 0 amide bonds. The first kappa shape index (κ1) is 23.5. The molecular weight excluding hydrogens is 440 g/mol. The quantitative estimate of drug-likeness (QED) is 0.278. The monoisotopic (exact) mass is 466 g/mol. The summed E-state index contributed by atoms with van der Waals surface area (Å²) in [5.74, 6) is -0.698. The lowest BCUT2D eigenvalue weighted by atomic mass is 10.0. The van der Waals surface area contributed by atoms with Crippen LogP contribution in [0.3, 0.4) is 0 Å². The van der Waals surface area contributed by atoms with Gasteiger partial charge in [0.25, 0.3) is 5.69 Å². The van der Waals surface area contributed by atoms with E-state index in [9.17, 15) is 20.0 Å². The van der Waals surface area contributed by atoms with E-state index in [1.807, 2.05) is 0 Å². The van der Waals surface area contributed by atoms with Gasteiger partial charge >= 0.3 is 5.97 Å². The van der Waals surface area contributed by atoms with E-state index in [1.165, 1.54) is 31.6 Å². The number of furan rings is 1. The van der Waals surface area contributed by atoms with Gasteiger partial charge in [-0.3, -0.25) is 10.1 Å². The van der Waals surface area contributed by atoms with E-state index < -0.39 is 10.9 Å². The number of aromatic nitrogens is 2. The fraction of sp³-hybridized carbons (Fsp3) is 0.375. The van der Waals surface area contributed by atoms with Crippen LogP contribution >= 0.6 is 0 Å². The van der Waals surface area contributed by atoms with E-state index in [0.29, 0.717) is 23.5 Å². The maximum atomic E-state index is 12.3. The molecule has 1 N–H and O–H groups in total. The average Bonchev–Trinajstić information content (AvgIpc) is 3.37. The molecule has 0 spiro atoms. The number of benzene rings is 1. The van der Waals surface area contributed by atoms with Crippen molar-refractivity contribution in [2.24, 2.45) is 0 Å². The summed E-state index contributed by atoms with van der Waals surface area (Å²) < 4.78 is 11.2. The molecule has 10 nitrogen and oxygen atoms in total. The highest BCUT2D eigenvalue weighted by Crippen LogP contribution is 2.31. The number of nitro benzene ring substituents is 1. The number of carbonyl (C=O) groups is 1. The number of aryl methyl sites for hydroxylation is 1. The van der Waals surface area contributed by atoms with Crippen molar-refractivity contribution in [3.8, 4) is 22.8 Å². The van der Waals surface area contributed by atoms with E-state index in [1.54, 1.807) is 31.2 Å². The zero-order valence-electron chi connectivity index (χ0n) is 18.9. The molecule has 1 aliphatic heterocycles. The van der Waals surface area contributed by atoms with Crippen LogP contribution in [0, 0.1) is 17.0 Å². The molecule has 0 radical (unpaired) electrons. The number of nitrogens with zero attached hydrogens (tertiary/aromatic N) is 4. The predicted molar refractivity (Wildman–Crippen MR) is 123 cm³/mol. The zero-order chi connectivity index (χ0) is 24.1. The molecule has 1 aliphatic rings. The Morgan fingerprint density at radius 2 is 2.03 bits per heavy atom. The van der Waals surface area contributed by atoms with Crippen LogP contribution in [0.5, 0.6) is 0 Å². The number of hydrogen-bond donors (Lipinski definition) is 1. The van der Waals surface area contributed by atoms with Crippen molar-refractivity contribution in [3.05, 3.63) is 63.5 Å². The smallest absolute Gasteiger partial charge is 0.339 e. The van der Waals surface area contributed by atoms with Crippen molar-refractivity contribution in [3.63, 3.8) is 0 Å². The lowest BCUT2D eigenvalue weighted by Gasteiger charge is -2.26. The minimum absolute atomic E-state index is 0.0351. The number of hydrogen-bond acceptors (Lipinski definition) is 8. The van der Waals surface area contributed by atoms with E-state index in [4.69, 9.17) is 9.15 Å². The van der Waals surface area contributed by atoms with Gasteiger partial charge in [-0.15, -0.1) is 0 Å². The van der Waals surface area contributed by atoms with Crippen molar-refractivity contribution in [2.75, 3.05) is 26.2 Å². The molecule has 0 unspecified atom stereocenters. The fourth-order valence-electron chi connectivity index (χ4n) is 4.06. The van der Waals surface area contributed by atoms with Crippen LogP contribution in [0.1, 0.15) is 40.9 Å². The average molecular weight is 466 g/mol. The lowest BCUT2D eigenvalue weighted by molar-refractivity contribution is -0.385. The number of carboxylic acids is 1. The summed E-state index contributed by atoms with van der Waals surface area (Å²) in [5, 5.41) is 21.5. The second-order valence-corrected chi connectivity index (χ2v) is 8.21. The van der Waals surface area contributed by atoms with Gasteiger partial charge in [0, 0.05) is 23.7 Å². The number of ether oxygens (including phenoxy) is 1. The van der Waals surface area contributed by atoms with Crippen molar-refractivity contribution in [2.45, 2.75) is 32.8 Å². The van der Waals surface area contributed by atoms with Gasteiger partial charge in [-0.1, -0.05) is 18.6 Å². The summed E-state index contributed by atoms with van der Waals surface area (Å²) in [5.41, 5.74) is 0.766. The zero-order valence-corrected chi connectivity index (χ0v) is 18.9. The number of aromatic carboxylic acids is 1. The molecule has 2 aromatic heterocycles. The van der Waals surface area contributed by atoms with Gasteiger partial charge in [0.1, 0.15) is 5.56 Å². The Bertz CT molecular complexity index is 1170. The highest BCUT2D eigenvalue weighted by atomic mass is 16.6. The Morgan fingerprint density at radius 1 is 1.24 bits per heavy atom. The van der Waals surface area contributed by atoms with Crippen LogP contribution < -0.4 is 0 Å². The van der Waals surface area contributed by atoms with E-state index in [0.717, 1.165) is 19.6 Å². The lowest BCUT2D eigenvalue weighted by Crippen LogP contribution is -2.32. The largest absolute Gasteiger partial charge is 0.478 e. The Labute approximate surface area is 196 Å². The molecule has 4 rings (SSSR count). The summed E-state index contributed by atoms with van der Waals surface area (Å²) in [7, 11) is 0. The van der Waals surface area contributed by atoms with Crippen LogP contribution in [0.25, 0.3) is 22.8 Å². The van der Waals surface area contributed by atoms with Gasteiger partial charge < -0.3 is 19.2 Å². The number of carboxylic acid groups (broad SMARTS) is 1. The van der Waals surface area contributed by atoms with E-state index in [-0.39, 0.29) is 35.1 Å². The van der Waals surface area contributed by atoms with Gasteiger partial charge in [-0.05, 0) is 45.0 Å². The number of rotatable bonds is 9. The maximum Gasteiger partial charge on any atom is 0.339 e. The van der Waals surface area contributed by atoms with Crippen LogP contribution in [-0.4, -0.2) is 57.1 Å². The first-order chi connectivity index (χ1) is 16.4. The minimum atomic E-state index is -1.24. The van der Waals surface area contributed by atoms with Crippen LogP contribution in [-0.2, 0) is 11.3 Å². The molecule has 0 bridgehead atoms. The van der Waals surface area contributed by atoms with Crippen molar-refractivity contribution in [1.82, 2.24) is 14.9 Å². The molecule has 10 heteroatoms. The third-order valence-corrected chi connectivity index (χ3v) is 5.86. The standard InChI is InChI=1S/C24H26N4O6/c1-16-7-8-17(14-19(16)28(31)32)22-21(24(29)30)18(25-23(26-22)20-6-5-12-34-20)15-33-13-11-27-9-3-2-4-10-27/h5-8,12,14H,2-4,9-11,13,15H2,1H3,(H,29,30). The first-order valence-electron chi connectivity index (χ1n) is 11.2. The maximum absolute atomic E-state index is 12.3. The second kappa shape index (κ2) is 10.5. The highest BCUT2D eigenvalue weighted by molar-refractivity contribution is 5.96. The Balaban J connectivity index is 1.70. The SMILES string of the molecule is Cc1ccc(-c2nc(-c3ccco3)nc(COCCN3CCCCC3)c2C(=O)O)cc1[N+](=O)[O-]. The van der Waals surface area contributed by atoms with Gasteiger partial charge in [-0.2, -0.15) is 0 Å². The number of piperidine rings is 1. The summed E-state index contributed by atoms with van der Waals surface area (Å²) in [6.07, 6.45) is 5.06. The van der Waals surface area contributed by atoms with Crippen molar-refractivity contribution in [1.29, 1.82) is 0 Å². The molecule has 34 heavy (non-hydrogen) atoms. The van der Waals surface area contributed by atoms with Gasteiger partial charge in [0.15, 0.2) is 11.6 Å². The summed E-state index contributed by atoms with van der Waals surface area (Å²) in [4.78, 5) is 34.4. The summed E-state index contributed by atoms with van der Waals surface area (Å²) in [6.45, 7) is 4.86. The van der Waals surface area contributed by atoms with Crippen molar-refractivity contribution < 1.29 is 24.0 Å².